The first kappa shape index (κ1) is 12.2. The van der Waals surface area contributed by atoms with Gasteiger partial charge in [0, 0.05) is 12.1 Å². The van der Waals surface area contributed by atoms with Crippen molar-refractivity contribution < 1.29 is 8.78 Å². The molecule has 1 atom stereocenters. The van der Waals surface area contributed by atoms with Crippen LogP contribution in [-0.2, 0) is 6.42 Å². The molecule has 1 aromatic heterocycles. The summed E-state index contributed by atoms with van der Waals surface area (Å²) in [5.41, 5.74) is 8.62. The first-order valence-corrected chi connectivity index (χ1v) is 6.24. The Bertz CT molecular complexity index is 522. The Kier molecular flexibility index (Phi) is 3.54. The molecule has 0 saturated carbocycles. The monoisotopic (exact) mass is 253 g/mol. The van der Waals surface area contributed by atoms with Gasteiger partial charge in [0.2, 0.25) is 0 Å². The highest BCUT2D eigenvalue weighted by Gasteiger charge is 2.13. The molecule has 0 spiro atoms. The molecule has 4 heteroatoms. The molecule has 0 bridgehead atoms. The molecule has 0 aliphatic heterocycles. The molecular formula is C13H13F2NS. The maximum absolute atomic E-state index is 13.5. The van der Waals surface area contributed by atoms with E-state index < -0.39 is 11.6 Å². The number of halogens is 2. The van der Waals surface area contributed by atoms with Crippen molar-refractivity contribution in [2.24, 2.45) is 5.73 Å². The molecule has 0 aliphatic carbocycles. The van der Waals surface area contributed by atoms with Crippen LogP contribution in [0.5, 0.6) is 0 Å². The van der Waals surface area contributed by atoms with Gasteiger partial charge in [-0.15, -0.1) is 0 Å². The van der Waals surface area contributed by atoms with Gasteiger partial charge in [0.1, 0.15) is 11.6 Å². The summed E-state index contributed by atoms with van der Waals surface area (Å²) in [4.78, 5) is 0. The van der Waals surface area contributed by atoms with Gasteiger partial charge in [-0.05, 0) is 46.9 Å². The van der Waals surface area contributed by atoms with Crippen LogP contribution < -0.4 is 5.73 Å². The maximum atomic E-state index is 13.5. The number of aryl methyl sites for hydroxylation is 1. The van der Waals surface area contributed by atoms with Crippen molar-refractivity contribution in [1.29, 1.82) is 0 Å². The standard InChI is InChI=1S/C13H13F2NS/c1-8-6-17-7-11(8)13(16)4-9-2-3-10(14)5-12(9)15/h2-3,5-7,13H,4,16H2,1H3. The Hall–Kier alpha value is -1.26. The van der Waals surface area contributed by atoms with Gasteiger partial charge >= 0.3 is 0 Å². The van der Waals surface area contributed by atoms with Crippen molar-refractivity contribution in [1.82, 2.24) is 0 Å². The van der Waals surface area contributed by atoms with E-state index in [0.717, 1.165) is 17.2 Å². The fraction of sp³-hybridized carbons (Fsp3) is 0.231. The Morgan fingerprint density at radius 1 is 1.29 bits per heavy atom. The Morgan fingerprint density at radius 3 is 2.65 bits per heavy atom. The van der Waals surface area contributed by atoms with E-state index in [1.54, 1.807) is 11.3 Å². The summed E-state index contributed by atoms with van der Waals surface area (Å²) in [5.74, 6) is -1.10. The Morgan fingerprint density at radius 2 is 2.06 bits per heavy atom. The average molecular weight is 253 g/mol. The zero-order valence-corrected chi connectivity index (χ0v) is 10.2. The van der Waals surface area contributed by atoms with Gasteiger partial charge in [0.15, 0.2) is 0 Å². The lowest BCUT2D eigenvalue weighted by molar-refractivity contribution is 0.563. The number of hydrogen-bond acceptors (Lipinski definition) is 2. The van der Waals surface area contributed by atoms with Crippen LogP contribution in [0.4, 0.5) is 8.78 Å². The van der Waals surface area contributed by atoms with Crippen molar-refractivity contribution in [2.75, 3.05) is 0 Å². The second-order valence-corrected chi connectivity index (χ2v) is 4.80. The molecular weight excluding hydrogens is 240 g/mol. The molecule has 1 unspecified atom stereocenters. The molecule has 17 heavy (non-hydrogen) atoms. The molecule has 90 valence electrons. The average Bonchev–Trinajstić information content (AvgIpc) is 2.68. The van der Waals surface area contributed by atoms with Crippen LogP contribution in [0.1, 0.15) is 22.7 Å². The van der Waals surface area contributed by atoms with Gasteiger partial charge in [-0.1, -0.05) is 6.07 Å². The normalized spacial score (nSPS) is 12.7. The molecule has 2 rings (SSSR count). The SMILES string of the molecule is Cc1cscc1C(N)Cc1ccc(F)cc1F. The third-order valence-electron chi connectivity index (χ3n) is 2.75. The third kappa shape index (κ3) is 2.70. The number of hydrogen-bond donors (Lipinski definition) is 1. The minimum Gasteiger partial charge on any atom is -0.324 e. The van der Waals surface area contributed by atoms with Gasteiger partial charge in [-0.2, -0.15) is 11.3 Å². The van der Waals surface area contributed by atoms with E-state index in [9.17, 15) is 8.78 Å². The minimum absolute atomic E-state index is 0.249. The molecule has 1 nitrogen and oxygen atoms in total. The van der Waals surface area contributed by atoms with E-state index >= 15 is 0 Å². The van der Waals surface area contributed by atoms with Crippen molar-refractivity contribution in [3.8, 4) is 0 Å². The van der Waals surface area contributed by atoms with Gasteiger partial charge in [-0.3, -0.25) is 0 Å². The maximum Gasteiger partial charge on any atom is 0.129 e. The van der Waals surface area contributed by atoms with Crippen LogP contribution in [0.2, 0.25) is 0 Å². The molecule has 2 N–H and O–H groups in total. The highest BCUT2D eigenvalue weighted by atomic mass is 32.1. The van der Waals surface area contributed by atoms with E-state index in [-0.39, 0.29) is 6.04 Å². The lowest BCUT2D eigenvalue weighted by Crippen LogP contribution is -2.14. The van der Waals surface area contributed by atoms with E-state index in [4.69, 9.17) is 5.73 Å². The summed E-state index contributed by atoms with van der Waals surface area (Å²) >= 11 is 1.58. The first-order chi connectivity index (χ1) is 8.08. The van der Waals surface area contributed by atoms with Crippen LogP contribution in [0.15, 0.2) is 29.0 Å². The smallest absolute Gasteiger partial charge is 0.129 e. The zero-order chi connectivity index (χ0) is 12.4. The van der Waals surface area contributed by atoms with Crippen molar-refractivity contribution >= 4 is 11.3 Å². The molecule has 0 amide bonds. The van der Waals surface area contributed by atoms with E-state index in [0.29, 0.717) is 12.0 Å². The molecule has 0 radical (unpaired) electrons. The summed E-state index contributed by atoms with van der Waals surface area (Å²) < 4.78 is 26.2. The summed E-state index contributed by atoms with van der Waals surface area (Å²) in [6.07, 6.45) is 0.379. The predicted octanol–water partition coefficient (Wildman–Crippen LogP) is 3.58. The van der Waals surface area contributed by atoms with Gasteiger partial charge in [0.25, 0.3) is 0 Å². The van der Waals surface area contributed by atoms with Crippen LogP contribution in [-0.4, -0.2) is 0 Å². The van der Waals surface area contributed by atoms with Gasteiger partial charge in [0.05, 0.1) is 0 Å². The highest BCUT2D eigenvalue weighted by molar-refractivity contribution is 7.08. The van der Waals surface area contributed by atoms with Crippen LogP contribution in [0.25, 0.3) is 0 Å². The van der Waals surface area contributed by atoms with Crippen LogP contribution >= 0.6 is 11.3 Å². The molecule has 1 aromatic carbocycles. The fourth-order valence-electron chi connectivity index (χ4n) is 1.78. The topological polar surface area (TPSA) is 26.0 Å². The Labute approximate surface area is 103 Å². The number of nitrogens with two attached hydrogens (primary N) is 1. The number of benzene rings is 1. The Balaban J connectivity index is 2.19. The zero-order valence-electron chi connectivity index (χ0n) is 9.41. The molecule has 0 aliphatic rings. The third-order valence-corrected chi connectivity index (χ3v) is 3.63. The summed E-state index contributed by atoms with van der Waals surface area (Å²) in [6.45, 7) is 1.98. The fourth-order valence-corrected chi connectivity index (χ4v) is 2.70. The van der Waals surface area contributed by atoms with Crippen molar-refractivity contribution in [2.45, 2.75) is 19.4 Å². The van der Waals surface area contributed by atoms with Gasteiger partial charge < -0.3 is 5.73 Å². The van der Waals surface area contributed by atoms with E-state index in [1.807, 2.05) is 17.7 Å². The number of thiophene rings is 1. The molecule has 2 aromatic rings. The largest absolute Gasteiger partial charge is 0.324 e. The molecule has 0 fully saturated rings. The second-order valence-electron chi connectivity index (χ2n) is 4.06. The lowest BCUT2D eigenvalue weighted by Gasteiger charge is -2.12. The second kappa shape index (κ2) is 4.94. The summed E-state index contributed by atoms with van der Waals surface area (Å²) in [6, 6.07) is 3.35. The van der Waals surface area contributed by atoms with Crippen LogP contribution in [0, 0.1) is 18.6 Å². The highest BCUT2D eigenvalue weighted by Crippen LogP contribution is 2.24. The quantitative estimate of drug-likeness (QED) is 0.889. The molecule has 0 saturated heterocycles. The van der Waals surface area contributed by atoms with E-state index in [2.05, 4.69) is 0 Å². The summed E-state index contributed by atoms with van der Waals surface area (Å²) in [7, 11) is 0. The summed E-state index contributed by atoms with van der Waals surface area (Å²) in [5, 5.41) is 3.98. The van der Waals surface area contributed by atoms with Crippen molar-refractivity contribution in [3.05, 3.63) is 57.3 Å². The van der Waals surface area contributed by atoms with Crippen molar-refractivity contribution in [3.63, 3.8) is 0 Å². The molecule has 1 heterocycles. The van der Waals surface area contributed by atoms with Crippen LogP contribution in [0.3, 0.4) is 0 Å². The van der Waals surface area contributed by atoms with E-state index in [1.165, 1.54) is 12.1 Å². The van der Waals surface area contributed by atoms with Gasteiger partial charge in [-0.25, -0.2) is 8.78 Å². The number of rotatable bonds is 3. The lowest BCUT2D eigenvalue weighted by atomic mass is 9.99. The first-order valence-electron chi connectivity index (χ1n) is 5.30. The minimum atomic E-state index is -0.563. The predicted molar refractivity (Wildman–Crippen MR) is 66.0 cm³/mol.